The first-order valence-electron chi connectivity index (χ1n) is 6.35. The summed E-state index contributed by atoms with van der Waals surface area (Å²) in [6, 6.07) is 8.89. The Morgan fingerprint density at radius 3 is 2.95 bits per heavy atom. The number of aromatic nitrogens is 4. The third kappa shape index (κ3) is 2.71. The lowest BCUT2D eigenvalue weighted by molar-refractivity contribution is 0.0943. The van der Waals surface area contributed by atoms with Crippen LogP contribution in [0.2, 0.25) is 5.15 Å². The molecule has 0 spiro atoms. The van der Waals surface area contributed by atoms with Crippen molar-refractivity contribution < 1.29 is 4.79 Å². The third-order valence-corrected chi connectivity index (χ3v) is 3.32. The predicted molar refractivity (Wildman–Crippen MR) is 78.1 cm³/mol. The van der Waals surface area contributed by atoms with Crippen LogP contribution in [-0.4, -0.2) is 25.7 Å². The van der Waals surface area contributed by atoms with E-state index in [2.05, 4.69) is 20.6 Å². The first-order valence-corrected chi connectivity index (χ1v) is 6.72. The number of pyridine rings is 2. The largest absolute Gasteiger partial charge is 0.347 e. The van der Waals surface area contributed by atoms with Crippen molar-refractivity contribution >= 4 is 23.0 Å². The highest BCUT2D eigenvalue weighted by Gasteiger charge is 2.12. The van der Waals surface area contributed by atoms with Crippen molar-refractivity contribution in [3.8, 4) is 0 Å². The van der Waals surface area contributed by atoms with E-state index in [9.17, 15) is 4.79 Å². The summed E-state index contributed by atoms with van der Waals surface area (Å²) in [4.78, 5) is 16.2. The van der Waals surface area contributed by atoms with Crippen LogP contribution in [-0.2, 0) is 6.54 Å². The molecular weight excluding hydrogens is 290 g/mol. The maximum absolute atomic E-state index is 12.3. The predicted octanol–water partition coefficient (Wildman–Crippen LogP) is 2.02. The van der Waals surface area contributed by atoms with Crippen LogP contribution in [0.5, 0.6) is 0 Å². The maximum atomic E-state index is 12.3. The second kappa shape index (κ2) is 5.49. The van der Waals surface area contributed by atoms with E-state index in [0.29, 0.717) is 17.4 Å². The Kier molecular flexibility index (Phi) is 3.53. The minimum absolute atomic E-state index is 0.222. The zero-order valence-corrected chi connectivity index (χ0v) is 12.0. The molecular formula is C14H12ClN5O. The number of fused-ring (bicyclic) bond motifs is 1. The average molecular weight is 302 g/mol. The van der Waals surface area contributed by atoms with Gasteiger partial charge in [0.05, 0.1) is 11.2 Å². The minimum atomic E-state index is -0.222. The number of nitrogens with one attached hydrogen (secondary N) is 1. The Morgan fingerprint density at radius 2 is 2.19 bits per heavy atom. The molecule has 0 fully saturated rings. The van der Waals surface area contributed by atoms with Crippen LogP contribution in [0.1, 0.15) is 21.7 Å². The van der Waals surface area contributed by atoms with E-state index in [1.165, 1.54) is 4.52 Å². The van der Waals surface area contributed by atoms with Gasteiger partial charge in [0.25, 0.3) is 5.91 Å². The van der Waals surface area contributed by atoms with Gasteiger partial charge < -0.3 is 5.32 Å². The molecule has 3 aromatic heterocycles. The Bertz CT molecular complexity index is 797. The van der Waals surface area contributed by atoms with Crippen molar-refractivity contribution in [3.63, 3.8) is 0 Å². The second-order valence-corrected chi connectivity index (χ2v) is 4.94. The van der Waals surface area contributed by atoms with E-state index < -0.39 is 0 Å². The quantitative estimate of drug-likeness (QED) is 0.751. The van der Waals surface area contributed by atoms with Gasteiger partial charge in [-0.15, -0.1) is 5.10 Å². The molecule has 0 aromatic carbocycles. The number of amides is 1. The molecule has 1 N–H and O–H groups in total. The van der Waals surface area contributed by atoms with Crippen molar-refractivity contribution in [2.24, 2.45) is 0 Å². The number of hydrogen-bond acceptors (Lipinski definition) is 4. The molecule has 21 heavy (non-hydrogen) atoms. The molecule has 0 bridgehead atoms. The topological polar surface area (TPSA) is 72.2 Å². The van der Waals surface area contributed by atoms with Crippen LogP contribution in [0.25, 0.3) is 5.52 Å². The van der Waals surface area contributed by atoms with Gasteiger partial charge >= 0.3 is 0 Å². The Hall–Kier alpha value is -2.47. The highest BCUT2D eigenvalue weighted by molar-refractivity contribution is 6.29. The Labute approximate surface area is 125 Å². The van der Waals surface area contributed by atoms with E-state index in [-0.39, 0.29) is 5.91 Å². The molecule has 6 nitrogen and oxygen atoms in total. The van der Waals surface area contributed by atoms with E-state index in [0.717, 1.165) is 16.8 Å². The molecule has 0 atom stereocenters. The van der Waals surface area contributed by atoms with Gasteiger partial charge in [0.2, 0.25) is 0 Å². The van der Waals surface area contributed by atoms with Crippen LogP contribution < -0.4 is 5.32 Å². The molecule has 0 radical (unpaired) electrons. The van der Waals surface area contributed by atoms with E-state index in [1.54, 1.807) is 18.3 Å². The number of carbonyl (C=O) groups excluding carboxylic acids is 1. The second-order valence-electron chi connectivity index (χ2n) is 4.55. The van der Waals surface area contributed by atoms with Gasteiger partial charge in [0.1, 0.15) is 10.8 Å². The number of halogens is 1. The van der Waals surface area contributed by atoms with Gasteiger partial charge in [-0.25, -0.2) is 9.50 Å². The summed E-state index contributed by atoms with van der Waals surface area (Å²) in [5, 5.41) is 11.2. The van der Waals surface area contributed by atoms with Crippen LogP contribution >= 0.6 is 11.6 Å². The third-order valence-electron chi connectivity index (χ3n) is 3.09. The summed E-state index contributed by atoms with van der Waals surface area (Å²) in [5.41, 5.74) is 2.91. The number of carbonyl (C=O) groups is 1. The van der Waals surface area contributed by atoms with Crippen LogP contribution in [0.4, 0.5) is 0 Å². The molecule has 3 heterocycles. The summed E-state index contributed by atoms with van der Waals surface area (Å²) < 4.78 is 1.53. The van der Waals surface area contributed by atoms with E-state index >= 15 is 0 Å². The lowest BCUT2D eigenvalue weighted by Gasteiger charge is -2.06. The highest BCUT2D eigenvalue weighted by Crippen LogP contribution is 2.10. The molecule has 0 aliphatic rings. The summed E-state index contributed by atoms with van der Waals surface area (Å²) in [7, 11) is 0. The number of rotatable bonds is 3. The first kappa shape index (κ1) is 13.5. The van der Waals surface area contributed by atoms with Crippen LogP contribution in [0.3, 0.4) is 0 Å². The zero-order chi connectivity index (χ0) is 14.8. The van der Waals surface area contributed by atoms with Crippen molar-refractivity contribution in [2.45, 2.75) is 13.5 Å². The normalized spacial score (nSPS) is 10.8. The highest BCUT2D eigenvalue weighted by atomic mass is 35.5. The Balaban J connectivity index is 1.79. The molecule has 0 aliphatic heterocycles. The van der Waals surface area contributed by atoms with Crippen LogP contribution in [0.15, 0.2) is 36.5 Å². The van der Waals surface area contributed by atoms with Gasteiger partial charge in [-0.2, -0.15) is 0 Å². The zero-order valence-electron chi connectivity index (χ0n) is 11.2. The molecule has 3 rings (SSSR count). The summed E-state index contributed by atoms with van der Waals surface area (Å²) in [5.74, 6) is -0.222. The van der Waals surface area contributed by atoms with Gasteiger partial charge in [0.15, 0.2) is 0 Å². The van der Waals surface area contributed by atoms with E-state index in [1.807, 2.05) is 25.1 Å². The van der Waals surface area contributed by atoms with Gasteiger partial charge in [-0.1, -0.05) is 28.9 Å². The SMILES string of the molecule is Cc1nnn2c(C(=O)NCc3ccc(Cl)nc3)cccc12. The van der Waals surface area contributed by atoms with Crippen molar-refractivity contribution in [2.75, 3.05) is 0 Å². The van der Waals surface area contributed by atoms with Gasteiger partial charge in [0, 0.05) is 12.7 Å². The van der Waals surface area contributed by atoms with Gasteiger partial charge in [-0.3, -0.25) is 4.79 Å². The first-order chi connectivity index (χ1) is 10.1. The summed E-state index contributed by atoms with van der Waals surface area (Å²) >= 11 is 5.72. The Morgan fingerprint density at radius 1 is 1.33 bits per heavy atom. The minimum Gasteiger partial charge on any atom is -0.347 e. The molecule has 0 saturated carbocycles. The van der Waals surface area contributed by atoms with Crippen molar-refractivity contribution in [3.05, 3.63) is 58.6 Å². The lowest BCUT2D eigenvalue weighted by Crippen LogP contribution is -2.25. The van der Waals surface area contributed by atoms with Crippen LogP contribution in [0, 0.1) is 6.92 Å². The van der Waals surface area contributed by atoms with Crippen molar-refractivity contribution in [1.29, 1.82) is 0 Å². The van der Waals surface area contributed by atoms with E-state index in [4.69, 9.17) is 11.6 Å². The van der Waals surface area contributed by atoms with Gasteiger partial charge in [-0.05, 0) is 30.7 Å². The molecule has 1 amide bonds. The fraction of sp³-hybridized carbons (Fsp3) is 0.143. The lowest BCUT2D eigenvalue weighted by atomic mass is 10.2. The molecule has 106 valence electrons. The summed E-state index contributed by atoms with van der Waals surface area (Å²) in [6.45, 7) is 2.22. The fourth-order valence-corrected chi connectivity index (χ4v) is 2.10. The number of hydrogen-bond donors (Lipinski definition) is 1. The molecule has 7 heteroatoms. The monoisotopic (exact) mass is 301 g/mol. The number of aryl methyl sites for hydroxylation is 1. The summed E-state index contributed by atoms with van der Waals surface area (Å²) in [6.07, 6.45) is 1.63. The fourth-order valence-electron chi connectivity index (χ4n) is 1.99. The molecule has 3 aromatic rings. The maximum Gasteiger partial charge on any atom is 0.270 e. The average Bonchev–Trinajstić information content (AvgIpc) is 2.88. The molecule has 0 unspecified atom stereocenters. The number of nitrogens with zero attached hydrogens (tertiary/aromatic N) is 4. The smallest absolute Gasteiger partial charge is 0.270 e. The van der Waals surface area contributed by atoms with Crippen molar-refractivity contribution in [1.82, 2.24) is 25.1 Å². The standard InChI is InChI=1S/C14H12ClN5O/c1-9-11-3-2-4-12(20(11)19-18-9)14(21)17-8-10-5-6-13(15)16-7-10/h2-7H,8H2,1H3,(H,17,21). The molecule has 0 saturated heterocycles. The molecule has 0 aliphatic carbocycles.